The zero-order valence-corrected chi connectivity index (χ0v) is 12.4. The Labute approximate surface area is 131 Å². The van der Waals surface area contributed by atoms with Crippen molar-refractivity contribution in [2.75, 3.05) is 6.54 Å². The lowest BCUT2D eigenvalue weighted by atomic mass is 9.89. The Morgan fingerprint density at radius 1 is 1.05 bits per heavy atom. The monoisotopic (exact) mass is 331 g/mol. The molecule has 2 nitrogen and oxygen atoms in total. The highest BCUT2D eigenvalue weighted by atomic mass is 35.5. The van der Waals surface area contributed by atoms with E-state index in [4.69, 9.17) is 28.9 Å². The number of halogens is 4. The third kappa shape index (κ3) is 3.52. The zero-order chi connectivity index (χ0) is 15.6. The van der Waals surface area contributed by atoms with Gasteiger partial charge in [-0.05, 0) is 29.8 Å². The van der Waals surface area contributed by atoms with Gasteiger partial charge in [0.2, 0.25) is 0 Å². The molecule has 21 heavy (non-hydrogen) atoms. The van der Waals surface area contributed by atoms with Crippen molar-refractivity contribution in [3.05, 3.63) is 69.2 Å². The molecule has 0 bridgehead atoms. The van der Waals surface area contributed by atoms with Gasteiger partial charge in [-0.25, -0.2) is 8.78 Å². The molecule has 0 fully saturated rings. The molecule has 2 aromatic carbocycles. The van der Waals surface area contributed by atoms with Crippen LogP contribution in [0.3, 0.4) is 0 Å². The summed E-state index contributed by atoms with van der Waals surface area (Å²) in [6, 6.07) is 7.76. The molecule has 6 heteroatoms. The fourth-order valence-corrected chi connectivity index (χ4v) is 2.65. The highest BCUT2D eigenvalue weighted by molar-refractivity contribution is 6.31. The van der Waals surface area contributed by atoms with Crippen LogP contribution in [0.1, 0.15) is 23.1 Å². The van der Waals surface area contributed by atoms with E-state index in [0.717, 1.165) is 12.1 Å². The molecule has 2 rings (SSSR count). The molecule has 0 aliphatic heterocycles. The fraction of sp³-hybridized carbons (Fsp3) is 0.200. The largest absolute Gasteiger partial charge is 0.388 e. The van der Waals surface area contributed by atoms with E-state index in [1.165, 1.54) is 24.3 Å². The van der Waals surface area contributed by atoms with Gasteiger partial charge >= 0.3 is 0 Å². The molecule has 0 saturated heterocycles. The number of hydrogen-bond acceptors (Lipinski definition) is 2. The SMILES string of the molecule is NCC(c1ccc(F)cc1Cl)C(O)c1ccc(Cl)cc1F. The van der Waals surface area contributed by atoms with Crippen LogP contribution < -0.4 is 5.73 Å². The molecular weight excluding hydrogens is 319 g/mol. The van der Waals surface area contributed by atoms with E-state index in [2.05, 4.69) is 0 Å². The van der Waals surface area contributed by atoms with Crippen LogP contribution in [0.4, 0.5) is 8.78 Å². The Morgan fingerprint density at radius 2 is 1.71 bits per heavy atom. The summed E-state index contributed by atoms with van der Waals surface area (Å²) in [5.74, 6) is -1.79. The van der Waals surface area contributed by atoms with Gasteiger partial charge in [-0.2, -0.15) is 0 Å². The van der Waals surface area contributed by atoms with E-state index in [1.54, 1.807) is 0 Å². The number of nitrogens with two attached hydrogens (primary N) is 1. The Kier molecular flexibility index (Phi) is 5.17. The van der Waals surface area contributed by atoms with Crippen molar-refractivity contribution in [3.63, 3.8) is 0 Å². The average Bonchev–Trinajstić information content (AvgIpc) is 2.41. The number of aliphatic hydroxyl groups is 1. The Balaban J connectivity index is 2.40. The van der Waals surface area contributed by atoms with Crippen LogP contribution in [0.15, 0.2) is 36.4 Å². The smallest absolute Gasteiger partial charge is 0.130 e. The molecule has 0 aliphatic rings. The summed E-state index contributed by atoms with van der Waals surface area (Å²) >= 11 is 11.7. The van der Waals surface area contributed by atoms with Gasteiger partial charge in [-0.3, -0.25) is 0 Å². The maximum absolute atomic E-state index is 13.9. The summed E-state index contributed by atoms with van der Waals surface area (Å²) in [5.41, 5.74) is 6.19. The molecule has 3 N–H and O–H groups in total. The summed E-state index contributed by atoms with van der Waals surface area (Å²) < 4.78 is 27.0. The Bertz CT molecular complexity index is 652. The minimum absolute atomic E-state index is 0.0224. The molecular formula is C15H13Cl2F2NO. The summed E-state index contributed by atoms with van der Waals surface area (Å²) in [7, 11) is 0. The van der Waals surface area contributed by atoms with Crippen molar-refractivity contribution < 1.29 is 13.9 Å². The van der Waals surface area contributed by atoms with Gasteiger partial charge in [0.05, 0.1) is 6.10 Å². The third-order valence-corrected chi connectivity index (χ3v) is 3.84. The second kappa shape index (κ2) is 6.71. The van der Waals surface area contributed by atoms with Crippen molar-refractivity contribution in [1.82, 2.24) is 0 Å². The number of aliphatic hydroxyl groups excluding tert-OH is 1. The molecule has 0 aromatic heterocycles. The van der Waals surface area contributed by atoms with Crippen molar-refractivity contribution >= 4 is 23.2 Å². The predicted molar refractivity (Wildman–Crippen MR) is 79.6 cm³/mol. The van der Waals surface area contributed by atoms with Gasteiger partial charge in [0.1, 0.15) is 11.6 Å². The minimum Gasteiger partial charge on any atom is -0.388 e. The van der Waals surface area contributed by atoms with E-state index in [-0.39, 0.29) is 22.2 Å². The lowest BCUT2D eigenvalue weighted by Crippen LogP contribution is -2.21. The highest BCUT2D eigenvalue weighted by Gasteiger charge is 2.26. The van der Waals surface area contributed by atoms with Gasteiger partial charge in [0.25, 0.3) is 0 Å². The first-order valence-corrected chi connectivity index (χ1v) is 6.97. The van der Waals surface area contributed by atoms with Crippen LogP contribution in [0.25, 0.3) is 0 Å². The Hall–Kier alpha value is -1.20. The second-order valence-corrected chi connectivity index (χ2v) is 5.46. The molecule has 0 aliphatic carbocycles. The topological polar surface area (TPSA) is 46.2 Å². The quantitative estimate of drug-likeness (QED) is 0.887. The highest BCUT2D eigenvalue weighted by Crippen LogP contribution is 2.35. The van der Waals surface area contributed by atoms with E-state index < -0.39 is 23.7 Å². The van der Waals surface area contributed by atoms with Gasteiger partial charge in [-0.15, -0.1) is 0 Å². The third-order valence-electron chi connectivity index (χ3n) is 3.28. The summed E-state index contributed by atoms with van der Waals surface area (Å²) in [4.78, 5) is 0. The van der Waals surface area contributed by atoms with Crippen LogP contribution in [0, 0.1) is 11.6 Å². The summed E-state index contributed by atoms with van der Waals surface area (Å²) in [6.45, 7) is 0.0224. The number of hydrogen-bond donors (Lipinski definition) is 2. The standard InChI is InChI=1S/C15H13Cl2F2NO/c16-8-1-3-11(14(19)5-8)15(21)12(7-20)10-4-2-9(18)6-13(10)17/h1-6,12,15,21H,7,20H2. The van der Waals surface area contributed by atoms with Crippen LogP contribution in [0.2, 0.25) is 10.0 Å². The second-order valence-electron chi connectivity index (χ2n) is 4.62. The van der Waals surface area contributed by atoms with Crippen LogP contribution in [-0.4, -0.2) is 11.7 Å². The normalized spacial score (nSPS) is 14.0. The molecule has 0 amide bonds. The maximum Gasteiger partial charge on any atom is 0.130 e. The van der Waals surface area contributed by atoms with E-state index in [1.807, 2.05) is 0 Å². The molecule has 0 spiro atoms. The molecule has 112 valence electrons. The van der Waals surface area contributed by atoms with Crippen molar-refractivity contribution in [3.8, 4) is 0 Å². The zero-order valence-electron chi connectivity index (χ0n) is 10.9. The first-order chi connectivity index (χ1) is 9.93. The maximum atomic E-state index is 13.9. The first-order valence-electron chi connectivity index (χ1n) is 6.22. The fourth-order valence-electron chi connectivity index (χ4n) is 2.19. The van der Waals surface area contributed by atoms with Crippen molar-refractivity contribution in [2.45, 2.75) is 12.0 Å². The molecule has 2 atom stereocenters. The van der Waals surface area contributed by atoms with Crippen molar-refractivity contribution in [2.24, 2.45) is 5.73 Å². The van der Waals surface area contributed by atoms with E-state index in [0.29, 0.717) is 5.56 Å². The molecule has 2 aromatic rings. The van der Waals surface area contributed by atoms with Crippen molar-refractivity contribution in [1.29, 1.82) is 0 Å². The number of rotatable bonds is 4. The number of benzene rings is 2. The molecule has 0 saturated carbocycles. The first kappa shape index (κ1) is 16.2. The molecule has 2 unspecified atom stereocenters. The molecule has 0 radical (unpaired) electrons. The van der Waals surface area contributed by atoms with E-state index in [9.17, 15) is 13.9 Å². The lowest BCUT2D eigenvalue weighted by Gasteiger charge is -2.23. The summed E-state index contributed by atoms with van der Waals surface area (Å²) in [5, 5.41) is 10.8. The van der Waals surface area contributed by atoms with Gasteiger partial charge < -0.3 is 10.8 Å². The minimum atomic E-state index is -1.21. The average molecular weight is 332 g/mol. The van der Waals surface area contributed by atoms with Crippen LogP contribution in [-0.2, 0) is 0 Å². The van der Waals surface area contributed by atoms with Gasteiger partial charge in [0.15, 0.2) is 0 Å². The van der Waals surface area contributed by atoms with Crippen LogP contribution in [0.5, 0.6) is 0 Å². The van der Waals surface area contributed by atoms with Gasteiger partial charge in [-0.1, -0.05) is 35.3 Å². The summed E-state index contributed by atoms with van der Waals surface area (Å²) in [6.07, 6.45) is -1.21. The molecule has 0 heterocycles. The van der Waals surface area contributed by atoms with Crippen LogP contribution >= 0.6 is 23.2 Å². The lowest BCUT2D eigenvalue weighted by molar-refractivity contribution is 0.143. The van der Waals surface area contributed by atoms with Gasteiger partial charge in [0, 0.05) is 28.1 Å². The Morgan fingerprint density at radius 3 is 2.29 bits per heavy atom. The van der Waals surface area contributed by atoms with E-state index >= 15 is 0 Å². The predicted octanol–water partition coefficient (Wildman–Crippen LogP) is 4.05.